The number of benzene rings is 1. The Balaban J connectivity index is 1.91. The molecule has 1 spiro atoms. The summed E-state index contributed by atoms with van der Waals surface area (Å²) in [6.07, 6.45) is 4.43. The lowest BCUT2D eigenvalue weighted by Crippen LogP contribution is -2.43. The van der Waals surface area contributed by atoms with Gasteiger partial charge in [0.05, 0.1) is 12.6 Å². The minimum atomic E-state index is -0.445. The molecule has 0 bridgehead atoms. The third kappa shape index (κ3) is 3.82. The fraction of sp³-hybridized carbons (Fsp3) is 0.571. The standard InChI is InChI=1S/C21H29N3O4/c1-22-20(27)18(4-3-11-25)24(2)12-16-15(13-26)5-6-17-19(16)28-14-21(17)7-9-23-10-8-21/h5-6,11,13,18,23H,3-4,7-10,12,14H2,1-2H3,(H,22,27). The molecule has 1 fully saturated rings. The molecule has 2 aliphatic rings. The topological polar surface area (TPSA) is 87.7 Å². The fourth-order valence-corrected chi connectivity index (χ4v) is 4.41. The molecule has 1 aromatic rings. The molecule has 1 saturated heterocycles. The van der Waals surface area contributed by atoms with Gasteiger partial charge in [-0.3, -0.25) is 14.5 Å². The van der Waals surface area contributed by atoms with Gasteiger partial charge in [-0.1, -0.05) is 12.1 Å². The number of ether oxygens (including phenoxy) is 1. The summed E-state index contributed by atoms with van der Waals surface area (Å²) in [6, 6.07) is 3.46. The highest BCUT2D eigenvalue weighted by atomic mass is 16.5. The van der Waals surface area contributed by atoms with Crippen LogP contribution in [0, 0.1) is 0 Å². The van der Waals surface area contributed by atoms with Gasteiger partial charge < -0.3 is 20.2 Å². The van der Waals surface area contributed by atoms with Crippen molar-refractivity contribution < 1.29 is 19.1 Å². The van der Waals surface area contributed by atoms with Crippen LogP contribution in [0.4, 0.5) is 0 Å². The summed E-state index contributed by atoms with van der Waals surface area (Å²) in [4.78, 5) is 36.7. The molecule has 0 aliphatic carbocycles. The van der Waals surface area contributed by atoms with Crippen molar-refractivity contribution in [2.75, 3.05) is 33.8 Å². The average Bonchev–Trinajstić information content (AvgIpc) is 3.07. The van der Waals surface area contributed by atoms with E-state index in [-0.39, 0.29) is 11.3 Å². The number of nitrogens with one attached hydrogen (secondary N) is 2. The third-order valence-electron chi connectivity index (χ3n) is 6.10. The van der Waals surface area contributed by atoms with Crippen molar-refractivity contribution in [1.82, 2.24) is 15.5 Å². The first-order valence-corrected chi connectivity index (χ1v) is 9.87. The number of carbonyl (C=O) groups excluding carboxylic acids is 3. The van der Waals surface area contributed by atoms with E-state index >= 15 is 0 Å². The van der Waals surface area contributed by atoms with Crippen LogP contribution in [0.25, 0.3) is 0 Å². The molecule has 7 heteroatoms. The maximum absolute atomic E-state index is 12.3. The highest BCUT2D eigenvalue weighted by Gasteiger charge is 2.43. The van der Waals surface area contributed by atoms with Crippen molar-refractivity contribution in [3.8, 4) is 5.75 Å². The van der Waals surface area contributed by atoms with E-state index in [1.54, 1.807) is 7.05 Å². The van der Waals surface area contributed by atoms with Gasteiger partial charge in [0, 0.05) is 42.1 Å². The molecule has 1 amide bonds. The number of fused-ring (bicyclic) bond motifs is 2. The van der Waals surface area contributed by atoms with Crippen LogP contribution in [0.2, 0.25) is 0 Å². The number of rotatable bonds is 8. The molecule has 1 aromatic carbocycles. The van der Waals surface area contributed by atoms with E-state index in [1.165, 1.54) is 5.56 Å². The Morgan fingerprint density at radius 2 is 2.11 bits per heavy atom. The Morgan fingerprint density at radius 3 is 2.75 bits per heavy atom. The summed E-state index contributed by atoms with van der Waals surface area (Å²) in [6.45, 7) is 2.95. The quantitative estimate of drug-likeness (QED) is 0.648. The van der Waals surface area contributed by atoms with Crippen LogP contribution < -0.4 is 15.4 Å². The van der Waals surface area contributed by atoms with Crippen molar-refractivity contribution in [1.29, 1.82) is 0 Å². The van der Waals surface area contributed by atoms with Crippen LogP contribution in [0.5, 0.6) is 5.75 Å². The zero-order valence-corrected chi connectivity index (χ0v) is 16.6. The molecule has 0 radical (unpaired) electrons. The lowest BCUT2D eigenvalue weighted by molar-refractivity contribution is -0.126. The van der Waals surface area contributed by atoms with Crippen molar-refractivity contribution in [3.63, 3.8) is 0 Å². The summed E-state index contributed by atoms with van der Waals surface area (Å²) in [5, 5.41) is 6.06. The van der Waals surface area contributed by atoms with Gasteiger partial charge in [0.2, 0.25) is 5.91 Å². The van der Waals surface area contributed by atoms with Crippen LogP contribution in [0.3, 0.4) is 0 Å². The lowest BCUT2D eigenvalue weighted by Gasteiger charge is -2.32. The summed E-state index contributed by atoms with van der Waals surface area (Å²) in [5.74, 6) is 0.657. The van der Waals surface area contributed by atoms with E-state index in [2.05, 4.69) is 10.6 Å². The van der Waals surface area contributed by atoms with E-state index in [4.69, 9.17) is 4.74 Å². The molecule has 1 unspecified atom stereocenters. The first-order valence-electron chi connectivity index (χ1n) is 9.87. The largest absolute Gasteiger partial charge is 0.492 e. The number of carbonyl (C=O) groups is 3. The molecule has 0 saturated carbocycles. The van der Waals surface area contributed by atoms with E-state index < -0.39 is 6.04 Å². The first kappa shape index (κ1) is 20.5. The third-order valence-corrected chi connectivity index (χ3v) is 6.10. The molecular weight excluding hydrogens is 358 g/mol. The summed E-state index contributed by atoms with van der Waals surface area (Å²) in [7, 11) is 3.43. The highest BCUT2D eigenvalue weighted by Crippen LogP contribution is 2.47. The van der Waals surface area contributed by atoms with Gasteiger partial charge in [0.1, 0.15) is 12.0 Å². The normalized spacial score (nSPS) is 18.4. The average molecular weight is 387 g/mol. The second kappa shape index (κ2) is 8.84. The number of aldehydes is 2. The predicted octanol–water partition coefficient (Wildman–Crippen LogP) is 1.04. The van der Waals surface area contributed by atoms with Gasteiger partial charge >= 0.3 is 0 Å². The monoisotopic (exact) mass is 387 g/mol. The van der Waals surface area contributed by atoms with Gasteiger partial charge in [-0.05, 0) is 39.4 Å². The molecule has 7 nitrogen and oxygen atoms in total. The summed E-state index contributed by atoms with van der Waals surface area (Å²) >= 11 is 0. The van der Waals surface area contributed by atoms with Gasteiger partial charge in [-0.2, -0.15) is 0 Å². The SMILES string of the molecule is CNC(=O)C(CCC=O)N(C)Cc1c(C=O)ccc2c1OCC21CCNCC1. The molecule has 152 valence electrons. The maximum atomic E-state index is 12.3. The van der Waals surface area contributed by atoms with Crippen LogP contribution in [0.15, 0.2) is 12.1 Å². The van der Waals surface area contributed by atoms with E-state index in [9.17, 15) is 14.4 Å². The Bertz CT molecular complexity index is 743. The van der Waals surface area contributed by atoms with Crippen LogP contribution in [-0.4, -0.2) is 63.2 Å². The maximum Gasteiger partial charge on any atom is 0.237 e. The van der Waals surface area contributed by atoms with Crippen molar-refractivity contribution in [2.45, 2.75) is 43.7 Å². The van der Waals surface area contributed by atoms with Crippen molar-refractivity contribution in [2.24, 2.45) is 0 Å². The first-order chi connectivity index (χ1) is 13.6. The van der Waals surface area contributed by atoms with Gasteiger partial charge in [0.15, 0.2) is 6.29 Å². The Hall–Kier alpha value is -2.25. The summed E-state index contributed by atoms with van der Waals surface area (Å²) < 4.78 is 6.14. The number of likely N-dealkylation sites (N-methyl/N-ethyl adjacent to an activating group) is 2. The Morgan fingerprint density at radius 1 is 1.36 bits per heavy atom. The second-order valence-corrected chi connectivity index (χ2v) is 7.74. The molecule has 2 N–H and O–H groups in total. The Kier molecular flexibility index (Phi) is 6.46. The molecule has 2 aliphatic heterocycles. The number of nitrogens with zero attached hydrogens (tertiary/aromatic N) is 1. The highest BCUT2D eigenvalue weighted by molar-refractivity contribution is 5.82. The van der Waals surface area contributed by atoms with Crippen LogP contribution >= 0.6 is 0 Å². The zero-order chi connectivity index (χ0) is 20.1. The van der Waals surface area contributed by atoms with Gasteiger partial charge in [-0.25, -0.2) is 0 Å². The molecule has 28 heavy (non-hydrogen) atoms. The number of piperidine rings is 1. The van der Waals surface area contributed by atoms with E-state index in [0.717, 1.165) is 49.8 Å². The number of hydrogen-bond donors (Lipinski definition) is 2. The van der Waals surface area contributed by atoms with E-state index in [0.29, 0.717) is 31.6 Å². The molecule has 1 atom stereocenters. The predicted molar refractivity (Wildman–Crippen MR) is 106 cm³/mol. The van der Waals surface area contributed by atoms with Crippen LogP contribution in [-0.2, 0) is 21.5 Å². The minimum Gasteiger partial charge on any atom is -0.492 e. The summed E-state index contributed by atoms with van der Waals surface area (Å²) in [5.41, 5.74) is 2.59. The smallest absolute Gasteiger partial charge is 0.237 e. The zero-order valence-electron chi connectivity index (χ0n) is 16.6. The molecular formula is C21H29N3O4. The molecule has 0 aromatic heterocycles. The minimum absolute atomic E-state index is 0.00698. The molecule has 2 heterocycles. The van der Waals surface area contributed by atoms with Gasteiger partial charge in [-0.15, -0.1) is 0 Å². The van der Waals surface area contributed by atoms with Crippen molar-refractivity contribution >= 4 is 18.5 Å². The number of amides is 1. The molecule has 3 rings (SSSR count). The van der Waals surface area contributed by atoms with E-state index in [1.807, 2.05) is 24.1 Å². The Labute approximate surface area is 165 Å². The van der Waals surface area contributed by atoms with Crippen molar-refractivity contribution in [3.05, 3.63) is 28.8 Å². The lowest BCUT2D eigenvalue weighted by atomic mass is 9.74. The number of hydrogen-bond acceptors (Lipinski definition) is 6. The van der Waals surface area contributed by atoms with Crippen LogP contribution in [0.1, 0.15) is 47.2 Å². The van der Waals surface area contributed by atoms with Gasteiger partial charge in [0.25, 0.3) is 0 Å². The fourth-order valence-electron chi connectivity index (χ4n) is 4.41. The second-order valence-electron chi connectivity index (χ2n) is 7.74.